The Hall–Kier alpha value is -2.88. The number of oxazole rings is 1. The minimum atomic E-state index is -0.730. The molecule has 3 aromatic rings. The van der Waals surface area contributed by atoms with Gasteiger partial charge in [-0.15, -0.1) is 0 Å². The van der Waals surface area contributed by atoms with Gasteiger partial charge in [-0.1, -0.05) is 61.5 Å². The lowest BCUT2D eigenvalue weighted by Crippen LogP contribution is -2.17. The molecule has 0 aliphatic heterocycles. The van der Waals surface area contributed by atoms with Gasteiger partial charge in [0.15, 0.2) is 11.7 Å². The minimum absolute atomic E-state index is 0.00424. The van der Waals surface area contributed by atoms with Crippen LogP contribution in [-0.2, 0) is 4.79 Å². The smallest absolute Gasteiger partial charge is 0.310 e. The summed E-state index contributed by atoms with van der Waals surface area (Å²) >= 11 is 0. The van der Waals surface area contributed by atoms with Gasteiger partial charge in [-0.25, -0.2) is 4.98 Å². The second-order valence-corrected chi connectivity index (χ2v) is 6.93. The molecule has 1 aliphatic carbocycles. The highest BCUT2D eigenvalue weighted by Crippen LogP contribution is 2.72. The highest BCUT2D eigenvalue weighted by molar-refractivity contribution is 5.84. The molecule has 4 heteroatoms. The van der Waals surface area contributed by atoms with Gasteiger partial charge in [-0.3, -0.25) is 4.79 Å². The lowest BCUT2D eigenvalue weighted by molar-refractivity contribution is -0.143. The molecule has 4 rings (SSSR count). The molecule has 132 valence electrons. The van der Waals surface area contributed by atoms with E-state index < -0.39 is 11.4 Å². The van der Waals surface area contributed by atoms with Gasteiger partial charge in [0.05, 0.1) is 11.6 Å². The molecule has 1 aliphatic rings. The first-order valence-corrected chi connectivity index (χ1v) is 8.89. The van der Waals surface area contributed by atoms with Crippen molar-refractivity contribution in [2.75, 3.05) is 0 Å². The number of benzene rings is 2. The molecule has 0 amide bonds. The largest absolute Gasteiger partial charge is 0.481 e. The van der Waals surface area contributed by atoms with E-state index in [1.807, 2.05) is 68.4 Å². The molecule has 1 saturated carbocycles. The molecule has 1 fully saturated rings. The average Bonchev–Trinajstić information content (AvgIpc) is 3.19. The highest BCUT2D eigenvalue weighted by Gasteiger charge is 2.69. The molecule has 3 unspecified atom stereocenters. The molecule has 2 aromatic carbocycles. The third-order valence-corrected chi connectivity index (χ3v) is 5.65. The van der Waals surface area contributed by atoms with Gasteiger partial charge >= 0.3 is 5.97 Å². The third kappa shape index (κ3) is 2.45. The van der Waals surface area contributed by atoms with Gasteiger partial charge in [-0.2, -0.15) is 0 Å². The normalized spacial score (nSPS) is 24.4. The van der Waals surface area contributed by atoms with Crippen LogP contribution in [0.2, 0.25) is 0 Å². The summed E-state index contributed by atoms with van der Waals surface area (Å²) < 4.78 is 5.57. The van der Waals surface area contributed by atoms with Gasteiger partial charge in [0.25, 0.3) is 0 Å². The van der Waals surface area contributed by atoms with Crippen LogP contribution < -0.4 is 0 Å². The summed E-state index contributed by atoms with van der Waals surface area (Å²) in [6.07, 6.45) is 2.32. The molecule has 4 nitrogen and oxygen atoms in total. The predicted octanol–water partition coefficient (Wildman–Crippen LogP) is 5.01. The van der Waals surface area contributed by atoms with Crippen LogP contribution in [0.4, 0.5) is 0 Å². The van der Waals surface area contributed by atoms with Crippen molar-refractivity contribution in [3.8, 4) is 11.3 Å². The zero-order valence-corrected chi connectivity index (χ0v) is 14.8. The highest BCUT2D eigenvalue weighted by atomic mass is 16.4. The molecule has 3 atom stereocenters. The van der Waals surface area contributed by atoms with Crippen molar-refractivity contribution in [2.45, 2.75) is 32.1 Å². The maximum Gasteiger partial charge on any atom is 0.310 e. The lowest BCUT2D eigenvalue weighted by atomic mass is 9.94. The Morgan fingerprint density at radius 2 is 1.69 bits per heavy atom. The van der Waals surface area contributed by atoms with Gasteiger partial charge in [-0.05, 0) is 17.5 Å². The van der Waals surface area contributed by atoms with E-state index in [0.29, 0.717) is 12.3 Å². The van der Waals surface area contributed by atoms with Gasteiger partial charge in [0.1, 0.15) is 0 Å². The first kappa shape index (κ1) is 16.6. The van der Waals surface area contributed by atoms with Crippen LogP contribution in [0.1, 0.15) is 42.2 Å². The lowest BCUT2D eigenvalue weighted by Gasteiger charge is -2.10. The van der Waals surface area contributed by atoms with Crippen LogP contribution in [0.5, 0.6) is 0 Å². The van der Waals surface area contributed by atoms with Crippen LogP contribution >= 0.6 is 0 Å². The van der Waals surface area contributed by atoms with Crippen molar-refractivity contribution < 1.29 is 14.3 Å². The number of aryl methyl sites for hydroxylation is 1. The van der Waals surface area contributed by atoms with E-state index in [1.54, 1.807) is 6.20 Å². The molecular formula is C22H21NO3. The second kappa shape index (κ2) is 6.13. The number of carboxylic acid groups (broad SMARTS) is 1. The van der Waals surface area contributed by atoms with Crippen LogP contribution in [0.25, 0.3) is 11.3 Å². The summed E-state index contributed by atoms with van der Waals surface area (Å²) in [6, 6.07) is 18.0. The van der Waals surface area contributed by atoms with Crippen molar-refractivity contribution in [1.82, 2.24) is 4.98 Å². The number of hydrogen-bond acceptors (Lipinski definition) is 3. The number of hydrogen-bond donors (Lipinski definition) is 1. The van der Waals surface area contributed by atoms with Crippen molar-refractivity contribution >= 4 is 5.97 Å². The van der Waals surface area contributed by atoms with E-state index in [4.69, 9.17) is 4.42 Å². The predicted molar refractivity (Wildman–Crippen MR) is 99.0 cm³/mol. The fourth-order valence-electron chi connectivity index (χ4n) is 4.29. The summed E-state index contributed by atoms with van der Waals surface area (Å²) in [5.41, 5.74) is 2.37. The molecule has 0 radical (unpaired) electrons. The first-order chi connectivity index (χ1) is 12.6. The Kier molecular flexibility index (Phi) is 3.91. The third-order valence-electron chi connectivity index (χ3n) is 5.65. The summed E-state index contributed by atoms with van der Waals surface area (Å²) in [5, 5.41) is 9.98. The number of rotatable bonds is 5. The fraction of sp³-hybridized carbons (Fsp3) is 0.273. The second-order valence-electron chi connectivity index (χ2n) is 6.93. The van der Waals surface area contributed by atoms with Gasteiger partial charge in [0.2, 0.25) is 0 Å². The van der Waals surface area contributed by atoms with Crippen molar-refractivity contribution in [1.29, 1.82) is 0 Å². The summed E-state index contributed by atoms with van der Waals surface area (Å²) in [5.74, 6) is 0.631. The summed E-state index contributed by atoms with van der Waals surface area (Å²) in [6.45, 7) is 3.78. The van der Waals surface area contributed by atoms with Crippen molar-refractivity contribution in [3.05, 3.63) is 77.8 Å². The van der Waals surface area contributed by atoms with E-state index in [-0.39, 0.29) is 11.8 Å². The summed E-state index contributed by atoms with van der Waals surface area (Å²) in [4.78, 5) is 16.3. The molecule has 0 saturated heterocycles. The molecule has 1 aromatic heterocycles. The van der Waals surface area contributed by atoms with E-state index in [0.717, 1.165) is 22.5 Å². The Morgan fingerprint density at radius 3 is 2.19 bits per heavy atom. The first-order valence-electron chi connectivity index (χ1n) is 8.89. The Labute approximate surface area is 152 Å². The Balaban J connectivity index is 1.70. The average molecular weight is 347 g/mol. The number of carbonyl (C=O) groups is 1. The van der Waals surface area contributed by atoms with E-state index in [1.165, 1.54) is 0 Å². The van der Waals surface area contributed by atoms with Gasteiger partial charge in [0, 0.05) is 24.3 Å². The quantitative estimate of drug-likeness (QED) is 0.704. The SMILES string of the molecule is CCC1(C(=O)O)C(c2ccccc2)C1c1ccc(-c2cnc(C)o2)cc1. The standard InChI is InChI=1S/C22H21NO3/c1-3-22(21(24)25)19(16-7-5-4-6-8-16)20(22)17-11-9-15(10-12-17)18-13-23-14(2)26-18/h4-13,19-20H,3H2,1-2H3,(H,24,25). The zero-order chi connectivity index (χ0) is 18.3. The van der Waals surface area contributed by atoms with Crippen LogP contribution in [0.3, 0.4) is 0 Å². The zero-order valence-electron chi connectivity index (χ0n) is 14.8. The topological polar surface area (TPSA) is 63.3 Å². The molecule has 0 spiro atoms. The number of aliphatic carboxylic acids is 1. The number of nitrogens with zero attached hydrogens (tertiary/aromatic N) is 1. The Bertz CT molecular complexity index is 930. The van der Waals surface area contributed by atoms with Gasteiger partial charge < -0.3 is 9.52 Å². The fourth-order valence-corrected chi connectivity index (χ4v) is 4.29. The maximum absolute atomic E-state index is 12.1. The van der Waals surface area contributed by atoms with E-state index in [9.17, 15) is 9.90 Å². The van der Waals surface area contributed by atoms with Crippen molar-refractivity contribution in [3.63, 3.8) is 0 Å². The molecular weight excluding hydrogens is 326 g/mol. The van der Waals surface area contributed by atoms with Crippen LogP contribution in [0.15, 0.2) is 65.2 Å². The van der Waals surface area contributed by atoms with Crippen molar-refractivity contribution in [2.24, 2.45) is 5.41 Å². The number of aromatic nitrogens is 1. The van der Waals surface area contributed by atoms with E-state index >= 15 is 0 Å². The Morgan fingerprint density at radius 1 is 1.08 bits per heavy atom. The maximum atomic E-state index is 12.1. The molecule has 0 bridgehead atoms. The monoisotopic (exact) mass is 347 g/mol. The number of carboxylic acids is 1. The molecule has 1 N–H and O–H groups in total. The molecule has 1 heterocycles. The van der Waals surface area contributed by atoms with E-state index in [2.05, 4.69) is 4.98 Å². The molecule has 26 heavy (non-hydrogen) atoms. The van der Waals surface area contributed by atoms with Crippen LogP contribution in [0, 0.1) is 12.3 Å². The minimum Gasteiger partial charge on any atom is -0.481 e. The van der Waals surface area contributed by atoms with Crippen LogP contribution in [-0.4, -0.2) is 16.1 Å². The summed E-state index contributed by atoms with van der Waals surface area (Å²) in [7, 11) is 0.